The number of nitro groups is 1. The number of carbonyl (C=O) groups excluding carboxylic acids is 1. The van der Waals surface area contributed by atoms with Crippen LogP contribution in [-0.4, -0.2) is 42.0 Å². The van der Waals surface area contributed by atoms with Gasteiger partial charge in [0.2, 0.25) is 0 Å². The number of ether oxygens (including phenoxy) is 2. The zero-order valence-corrected chi connectivity index (χ0v) is 17.7. The molecule has 1 aliphatic carbocycles. The van der Waals surface area contributed by atoms with E-state index in [1.165, 1.54) is 30.4 Å². The minimum atomic E-state index is -0.536. The summed E-state index contributed by atoms with van der Waals surface area (Å²) in [6.45, 7) is 4.72. The Morgan fingerprint density at radius 3 is 2.57 bits per heavy atom. The molecule has 0 aliphatic heterocycles. The second-order valence-electron chi connectivity index (χ2n) is 7.37. The topological polar surface area (TPSA) is 81.9 Å². The molecule has 0 fully saturated rings. The molecule has 0 radical (unpaired) electrons. The van der Waals surface area contributed by atoms with E-state index in [1.54, 1.807) is 4.90 Å². The molecule has 7 nitrogen and oxygen atoms in total. The Morgan fingerprint density at radius 2 is 1.93 bits per heavy atom. The van der Waals surface area contributed by atoms with Crippen LogP contribution in [0.25, 0.3) is 0 Å². The van der Waals surface area contributed by atoms with E-state index in [-0.39, 0.29) is 28.9 Å². The van der Waals surface area contributed by atoms with Crippen LogP contribution in [0.5, 0.6) is 11.5 Å². The van der Waals surface area contributed by atoms with Gasteiger partial charge >= 0.3 is 0 Å². The molecule has 0 spiro atoms. The maximum Gasteiger partial charge on any atom is 0.286 e. The van der Waals surface area contributed by atoms with Crippen LogP contribution in [0.2, 0.25) is 0 Å². The van der Waals surface area contributed by atoms with Gasteiger partial charge in [-0.3, -0.25) is 14.9 Å². The van der Waals surface area contributed by atoms with Crippen molar-refractivity contribution < 1.29 is 19.2 Å². The highest BCUT2D eigenvalue weighted by Crippen LogP contribution is 2.36. The quantitative estimate of drug-likeness (QED) is 0.474. The number of nitro benzene ring substituents is 1. The van der Waals surface area contributed by atoms with Gasteiger partial charge in [0.1, 0.15) is 5.56 Å². The van der Waals surface area contributed by atoms with Gasteiger partial charge in [0.15, 0.2) is 11.5 Å². The average molecular weight is 412 g/mol. The smallest absolute Gasteiger partial charge is 0.286 e. The zero-order chi connectivity index (χ0) is 21.7. The number of fused-ring (bicyclic) bond motifs is 1. The van der Waals surface area contributed by atoms with E-state index < -0.39 is 4.92 Å². The molecule has 0 heterocycles. The fourth-order valence-corrected chi connectivity index (χ4v) is 4.09. The molecular weight excluding hydrogens is 384 g/mol. The summed E-state index contributed by atoms with van der Waals surface area (Å²) in [5.41, 5.74) is 2.32. The number of hydrogen-bond donors (Lipinski definition) is 0. The van der Waals surface area contributed by atoms with Crippen LogP contribution < -0.4 is 9.47 Å². The van der Waals surface area contributed by atoms with Crippen molar-refractivity contribution >= 4 is 11.6 Å². The Balaban J connectivity index is 1.99. The first kappa shape index (κ1) is 21.6. The number of nitrogens with zero attached hydrogens (tertiary/aromatic N) is 2. The van der Waals surface area contributed by atoms with E-state index in [0.29, 0.717) is 18.9 Å². The number of methoxy groups -OCH3 is 1. The lowest BCUT2D eigenvalue weighted by molar-refractivity contribution is -0.385. The Bertz CT molecular complexity index is 928. The lowest BCUT2D eigenvalue weighted by atomic mass is 9.87. The van der Waals surface area contributed by atoms with Crippen molar-refractivity contribution in [2.24, 2.45) is 0 Å². The molecule has 0 N–H and O–H groups in total. The predicted octanol–water partition coefficient (Wildman–Crippen LogP) is 4.41. The van der Waals surface area contributed by atoms with Crippen LogP contribution in [0, 0.1) is 10.1 Å². The van der Waals surface area contributed by atoms with E-state index in [4.69, 9.17) is 9.47 Å². The van der Waals surface area contributed by atoms with Gasteiger partial charge in [0.05, 0.1) is 24.7 Å². The fraction of sp³-hybridized carbons (Fsp3) is 0.435. The Kier molecular flexibility index (Phi) is 6.92. The van der Waals surface area contributed by atoms with Gasteiger partial charge in [-0.1, -0.05) is 31.2 Å². The van der Waals surface area contributed by atoms with Gasteiger partial charge in [-0.15, -0.1) is 0 Å². The second kappa shape index (κ2) is 9.61. The first-order chi connectivity index (χ1) is 14.5. The van der Waals surface area contributed by atoms with E-state index >= 15 is 0 Å². The molecule has 1 atom stereocenters. The minimum Gasteiger partial charge on any atom is -0.493 e. The van der Waals surface area contributed by atoms with Crippen molar-refractivity contribution in [1.29, 1.82) is 0 Å². The van der Waals surface area contributed by atoms with Crippen LogP contribution in [0.1, 0.15) is 48.2 Å². The Labute approximate surface area is 176 Å². The molecule has 3 rings (SSSR count). The molecule has 0 saturated heterocycles. The number of rotatable bonds is 8. The third-order valence-electron chi connectivity index (χ3n) is 5.50. The number of carbonyl (C=O) groups is 1. The second-order valence-corrected chi connectivity index (χ2v) is 7.37. The normalized spacial score (nSPS) is 15.2. The first-order valence-corrected chi connectivity index (χ1v) is 10.4. The van der Waals surface area contributed by atoms with Crippen molar-refractivity contribution in [3.05, 3.63) is 63.2 Å². The maximum atomic E-state index is 13.6. The summed E-state index contributed by atoms with van der Waals surface area (Å²) < 4.78 is 10.8. The van der Waals surface area contributed by atoms with Gasteiger partial charge in [-0.2, -0.15) is 0 Å². The van der Waals surface area contributed by atoms with E-state index in [1.807, 2.05) is 26.0 Å². The standard InChI is InChI=1S/C23H28N2O5/c1-4-12-24(18-11-10-16-8-6-7-9-17(16)13-18)23(26)19-14-22(30-5-2)21(29-3)15-20(19)25(27)28/h6-9,14-15,18H,4-5,10-13H2,1-3H3. The molecule has 0 aromatic heterocycles. The first-order valence-electron chi connectivity index (χ1n) is 10.4. The van der Waals surface area contributed by atoms with E-state index in [0.717, 1.165) is 25.7 Å². The Morgan fingerprint density at radius 1 is 1.20 bits per heavy atom. The van der Waals surface area contributed by atoms with Crippen molar-refractivity contribution in [3.63, 3.8) is 0 Å². The summed E-state index contributed by atoms with van der Waals surface area (Å²) in [5, 5.41) is 11.7. The number of amides is 1. The molecule has 30 heavy (non-hydrogen) atoms. The highest BCUT2D eigenvalue weighted by atomic mass is 16.6. The van der Waals surface area contributed by atoms with Gasteiger partial charge in [0, 0.05) is 18.7 Å². The van der Waals surface area contributed by atoms with Gasteiger partial charge in [0.25, 0.3) is 11.6 Å². The molecule has 1 amide bonds. The molecular formula is C23H28N2O5. The number of benzene rings is 2. The molecule has 160 valence electrons. The lowest BCUT2D eigenvalue weighted by Gasteiger charge is -2.35. The third-order valence-corrected chi connectivity index (χ3v) is 5.50. The van der Waals surface area contributed by atoms with Crippen LogP contribution in [-0.2, 0) is 12.8 Å². The molecule has 1 aliphatic rings. The minimum absolute atomic E-state index is 0.00426. The highest BCUT2D eigenvalue weighted by molar-refractivity contribution is 5.99. The van der Waals surface area contributed by atoms with Crippen molar-refractivity contribution in [2.75, 3.05) is 20.3 Å². The molecule has 0 saturated carbocycles. The summed E-state index contributed by atoms with van der Waals surface area (Å²) in [7, 11) is 1.42. The summed E-state index contributed by atoms with van der Waals surface area (Å²) in [6, 6.07) is 11.0. The van der Waals surface area contributed by atoms with Crippen LogP contribution in [0.4, 0.5) is 5.69 Å². The highest BCUT2D eigenvalue weighted by Gasteiger charge is 2.32. The van der Waals surface area contributed by atoms with E-state index in [9.17, 15) is 14.9 Å². The summed E-state index contributed by atoms with van der Waals surface area (Å²) in [5.74, 6) is 0.240. The maximum absolute atomic E-state index is 13.6. The monoisotopic (exact) mass is 412 g/mol. The SMILES string of the molecule is CCCN(C(=O)c1cc(OCC)c(OC)cc1[N+](=O)[O-])C1CCc2ccccc2C1. The Hall–Kier alpha value is -3.09. The molecule has 7 heteroatoms. The molecule has 2 aromatic carbocycles. The number of hydrogen-bond acceptors (Lipinski definition) is 5. The fourth-order valence-electron chi connectivity index (χ4n) is 4.09. The van der Waals surface area contributed by atoms with Crippen molar-refractivity contribution in [3.8, 4) is 11.5 Å². The van der Waals surface area contributed by atoms with Crippen LogP contribution in [0.3, 0.4) is 0 Å². The average Bonchev–Trinajstić information content (AvgIpc) is 2.76. The molecule has 0 bridgehead atoms. The summed E-state index contributed by atoms with van der Waals surface area (Å²) in [4.78, 5) is 26.5. The van der Waals surface area contributed by atoms with Crippen LogP contribution >= 0.6 is 0 Å². The summed E-state index contributed by atoms with van der Waals surface area (Å²) >= 11 is 0. The number of aryl methyl sites for hydroxylation is 1. The summed E-state index contributed by atoms with van der Waals surface area (Å²) in [6.07, 6.45) is 3.25. The predicted molar refractivity (Wildman–Crippen MR) is 114 cm³/mol. The molecule has 1 unspecified atom stereocenters. The van der Waals surface area contributed by atoms with Crippen molar-refractivity contribution in [2.45, 2.75) is 45.6 Å². The third kappa shape index (κ3) is 4.40. The van der Waals surface area contributed by atoms with Gasteiger partial charge < -0.3 is 14.4 Å². The van der Waals surface area contributed by atoms with Gasteiger partial charge in [-0.05, 0) is 43.7 Å². The lowest BCUT2D eigenvalue weighted by Crippen LogP contribution is -2.44. The zero-order valence-electron chi connectivity index (χ0n) is 17.7. The van der Waals surface area contributed by atoms with E-state index in [2.05, 4.69) is 12.1 Å². The largest absolute Gasteiger partial charge is 0.493 e. The van der Waals surface area contributed by atoms with Crippen LogP contribution in [0.15, 0.2) is 36.4 Å². The van der Waals surface area contributed by atoms with Crippen molar-refractivity contribution in [1.82, 2.24) is 4.90 Å². The van der Waals surface area contributed by atoms with Gasteiger partial charge in [-0.25, -0.2) is 0 Å². The molecule has 2 aromatic rings.